The largest absolute Gasteiger partial charge is 0.490 e. The number of carboxylic acid groups (broad SMARTS) is 4. The van der Waals surface area contributed by atoms with E-state index in [1.165, 1.54) is 49.8 Å². The summed E-state index contributed by atoms with van der Waals surface area (Å²) in [5.74, 6) is -7.02. The zero-order valence-corrected chi connectivity index (χ0v) is 59.6. The van der Waals surface area contributed by atoms with E-state index >= 15 is 0 Å². The number of thioether (sulfide) groups is 1. The van der Waals surface area contributed by atoms with Gasteiger partial charge < -0.3 is 77.3 Å². The van der Waals surface area contributed by atoms with E-state index in [4.69, 9.17) is 49.1 Å². The number of unbranched alkanes of at least 4 members (excludes halogenated alkanes) is 1. The lowest BCUT2D eigenvalue weighted by Gasteiger charge is -2.38. The van der Waals surface area contributed by atoms with Gasteiger partial charge in [-0.1, -0.05) is 79.1 Å². The maximum absolute atomic E-state index is 13.7. The van der Waals surface area contributed by atoms with Crippen molar-refractivity contribution in [2.75, 3.05) is 97.4 Å². The molecule has 0 aromatic heterocycles. The fourth-order valence-corrected chi connectivity index (χ4v) is 12.5. The molecule has 0 spiro atoms. The Hall–Kier alpha value is -6.80. The van der Waals surface area contributed by atoms with Gasteiger partial charge in [-0.3, -0.25) is 19.3 Å². The van der Waals surface area contributed by atoms with Crippen molar-refractivity contribution in [3.05, 3.63) is 22.3 Å². The molecule has 4 heterocycles. The topological polar surface area (TPSA) is 356 Å². The summed E-state index contributed by atoms with van der Waals surface area (Å²) >= 11 is 1.85. The number of hydrogen-bond acceptors (Lipinski definition) is 16. The van der Waals surface area contributed by atoms with Crippen molar-refractivity contribution in [3.63, 3.8) is 0 Å². The van der Waals surface area contributed by atoms with Crippen molar-refractivity contribution in [2.24, 2.45) is 17.8 Å². The van der Waals surface area contributed by atoms with Crippen LogP contribution in [0.2, 0.25) is 0 Å². The van der Waals surface area contributed by atoms with Gasteiger partial charge in [0.05, 0.1) is 25.2 Å². The number of nitrogens with one attached hydrogen (secondary N) is 8. The Morgan fingerprint density at radius 3 is 1.60 bits per heavy atom. The summed E-state index contributed by atoms with van der Waals surface area (Å²) < 4.78 is 140. The minimum absolute atomic E-state index is 0.107. The number of benzene rings is 1. The first-order valence-electron chi connectivity index (χ1n) is 33.6. The zero-order valence-electron chi connectivity index (χ0n) is 58.8. The van der Waals surface area contributed by atoms with Crippen LogP contribution in [0.25, 0.3) is 0 Å². The minimum Gasteiger partial charge on any atom is -0.487 e. The number of amides is 6. The molecule has 1 aromatic rings. The molecule has 0 aliphatic carbocycles. The maximum Gasteiger partial charge on any atom is 0.490 e. The Morgan fingerprint density at radius 2 is 1.10 bits per heavy atom. The molecular formula is C64H102F12N10O15S. The molecule has 6 amide bonds. The monoisotopic (exact) mass is 1510 g/mol. The van der Waals surface area contributed by atoms with Crippen LogP contribution in [0.5, 0.6) is 11.5 Å². The predicted octanol–water partition coefficient (Wildman–Crippen LogP) is 8.63. The van der Waals surface area contributed by atoms with Crippen LogP contribution >= 0.6 is 11.8 Å². The number of urea groups is 1. The molecule has 0 radical (unpaired) electrons. The van der Waals surface area contributed by atoms with Gasteiger partial charge in [-0.2, -0.15) is 64.4 Å². The summed E-state index contributed by atoms with van der Waals surface area (Å²) in [6, 6.07) is 0.138. The van der Waals surface area contributed by atoms with E-state index in [2.05, 4.69) is 82.1 Å². The highest BCUT2D eigenvalue weighted by Gasteiger charge is 2.44. The second kappa shape index (κ2) is 46.1. The average Bonchev–Trinajstić information content (AvgIpc) is 1.32. The number of alkyl halides is 12. The molecule has 0 unspecified atom stereocenters. The number of ether oxygens (including phenoxy) is 2. The molecule has 5 rings (SSSR count). The lowest BCUT2D eigenvalue weighted by molar-refractivity contribution is -0.193. The van der Waals surface area contributed by atoms with Crippen LogP contribution in [-0.4, -0.2) is 229 Å². The fraction of sp³-hybridized carbons (Fsp3) is 0.766. The van der Waals surface area contributed by atoms with Crippen molar-refractivity contribution in [1.82, 2.24) is 52.3 Å². The van der Waals surface area contributed by atoms with Crippen LogP contribution in [0.3, 0.4) is 0 Å². The maximum atomic E-state index is 13.7. The fourth-order valence-electron chi connectivity index (χ4n) is 10.9. The van der Waals surface area contributed by atoms with Gasteiger partial charge in [-0.15, -0.1) is 0 Å². The summed E-state index contributed by atoms with van der Waals surface area (Å²) in [6.45, 7) is 25.0. The molecule has 3 saturated heterocycles. The molecule has 4 aliphatic rings. The molecule has 1 aromatic carbocycles. The molecule has 0 saturated carbocycles. The number of carbonyl (C=O) groups is 9. The average molecular weight is 1510 g/mol. The van der Waals surface area contributed by atoms with Gasteiger partial charge in [-0.25, -0.2) is 28.8 Å². The molecule has 12 N–H and O–H groups in total. The van der Waals surface area contributed by atoms with Crippen LogP contribution in [0.4, 0.5) is 62.3 Å². The molecule has 6 atom stereocenters. The van der Waals surface area contributed by atoms with E-state index < -0.39 is 54.7 Å². The third-order valence-electron chi connectivity index (χ3n) is 16.7. The van der Waals surface area contributed by atoms with Crippen LogP contribution in [-0.2, 0) is 40.0 Å². The normalized spacial score (nSPS) is 19.2. The number of nitrogens with zero attached hydrogens (tertiary/aromatic N) is 2. The smallest absolute Gasteiger partial charge is 0.487 e. The number of halogens is 12. The first-order chi connectivity index (χ1) is 47.3. The van der Waals surface area contributed by atoms with Gasteiger partial charge in [0.25, 0.3) is 0 Å². The molecule has 4 aliphatic heterocycles. The van der Waals surface area contributed by atoms with E-state index in [1.807, 2.05) is 32.5 Å². The second-order valence-electron chi connectivity index (χ2n) is 25.9. The standard InChI is InChI=1S/C56H98N10O7S.4C2HF3O2/c1-39(2)14-11-15-40(3)16-12-17-41(4)18-13-22-56(8)23-21-45-44(7)52(42(5)43(6)53(45)73-56)72-55(71)62-29-28-60-49(68)37-66(50(69)20-10-9-19-47-51-46(38-74-47)63-54(70)64-51)35-32-61-48(67)36-65-33-30-58-26-24-57-25-27-59-31-34-65;4*3-2(4,5)1(6)7/h39-41,46-47,51,57-59H,9-38H2,1-8H3,(H,60,68)(H,61,67)(H,62,71)(H2,63,64,70);4*(H,6,7)/t40-,41-,46+,47+,51+,56-;;;;/m1..../s1. The van der Waals surface area contributed by atoms with Crippen molar-refractivity contribution in [1.29, 1.82) is 0 Å². The summed E-state index contributed by atoms with van der Waals surface area (Å²) in [7, 11) is 0. The Labute approximate surface area is 589 Å². The molecule has 102 heavy (non-hydrogen) atoms. The second-order valence-corrected chi connectivity index (χ2v) is 27.1. The molecular weight excluding hydrogens is 1410 g/mol. The molecule has 0 bridgehead atoms. The lowest BCUT2D eigenvalue weighted by Crippen LogP contribution is -2.47. The Morgan fingerprint density at radius 1 is 0.627 bits per heavy atom. The first kappa shape index (κ1) is 93.2. The van der Waals surface area contributed by atoms with Crippen LogP contribution < -0.4 is 52.0 Å². The van der Waals surface area contributed by atoms with E-state index in [1.54, 1.807) is 0 Å². The van der Waals surface area contributed by atoms with Gasteiger partial charge in [0, 0.05) is 102 Å². The van der Waals surface area contributed by atoms with Gasteiger partial charge in [0.2, 0.25) is 17.7 Å². The van der Waals surface area contributed by atoms with Crippen LogP contribution in [0, 0.1) is 38.5 Å². The van der Waals surface area contributed by atoms with E-state index in [0.717, 1.165) is 136 Å². The van der Waals surface area contributed by atoms with Gasteiger partial charge in [0.1, 0.15) is 17.1 Å². The number of fused-ring (bicyclic) bond motifs is 2. The van der Waals surface area contributed by atoms with Gasteiger partial charge in [-0.05, 0) is 101 Å². The van der Waals surface area contributed by atoms with E-state index in [9.17, 15) is 76.7 Å². The Bertz CT molecular complexity index is 2700. The van der Waals surface area contributed by atoms with Gasteiger partial charge in [0.15, 0.2) is 0 Å². The van der Waals surface area contributed by atoms with Crippen molar-refractivity contribution in [3.8, 4) is 11.5 Å². The summed E-state index contributed by atoms with van der Waals surface area (Å²) in [4.78, 5) is 104. The number of hydrogen-bond donors (Lipinski definition) is 12. The summed E-state index contributed by atoms with van der Waals surface area (Å²) in [6.07, 6.45) is -5.23. The number of rotatable bonds is 28. The van der Waals surface area contributed by atoms with Crippen molar-refractivity contribution < 1.29 is 126 Å². The van der Waals surface area contributed by atoms with Crippen molar-refractivity contribution >= 4 is 65.5 Å². The highest BCUT2D eigenvalue weighted by atomic mass is 32.2. The number of carbonyl (C=O) groups excluding carboxylic acids is 5. The van der Waals surface area contributed by atoms with Gasteiger partial charge >= 0.3 is 60.7 Å². The van der Waals surface area contributed by atoms with Crippen LogP contribution in [0.1, 0.15) is 147 Å². The molecule has 25 nitrogen and oxygen atoms in total. The minimum atomic E-state index is -5.08. The van der Waals surface area contributed by atoms with E-state index in [0.29, 0.717) is 23.3 Å². The summed E-state index contributed by atoms with van der Waals surface area (Å²) in [5, 5.41) is 53.6. The molecule has 588 valence electrons. The third kappa shape index (κ3) is 39.2. The Kier molecular flexibility index (Phi) is 42.1. The Balaban J connectivity index is 0.00000155. The van der Waals surface area contributed by atoms with E-state index in [-0.39, 0.29) is 87.1 Å². The van der Waals surface area contributed by atoms with Crippen LogP contribution in [0.15, 0.2) is 0 Å². The lowest BCUT2D eigenvalue weighted by atomic mass is 9.83. The molecule has 38 heteroatoms. The number of aliphatic carboxylic acids is 4. The first-order valence-corrected chi connectivity index (χ1v) is 34.7. The predicted molar refractivity (Wildman–Crippen MR) is 353 cm³/mol. The summed E-state index contributed by atoms with van der Waals surface area (Å²) in [5.41, 5.74) is 3.62. The third-order valence-corrected chi connectivity index (χ3v) is 18.2. The molecule has 3 fully saturated rings. The zero-order chi connectivity index (χ0) is 77.8. The number of carboxylic acids is 4. The quantitative estimate of drug-likeness (QED) is 0.0212. The van der Waals surface area contributed by atoms with Crippen molar-refractivity contribution in [2.45, 2.75) is 199 Å². The SMILES string of the molecule is Cc1c(C)c2c(c(C)c1OC(=O)NCCNC(=O)CN(CCNC(=O)CN1CCNCCNCCNCC1)C(=O)CCCC[C@@H]1SC[C@@H]3NC(=O)N[C@@H]31)CC[C@@](C)(CCC[C@H](C)CCC[C@H](C)CCCC(C)C)O2.O=C(O)C(F)(F)F.O=C(O)C(F)(F)F.O=C(O)C(F)(F)F.O=C(O)C(F)(F)F. The highest BCUT2D eigenvalue weighted by molar-refractivity contribution is 8.00. The highest BCUT2D eigenvalue weighted by Crippen LogP contribution is 2.45.